The van der Waals surface area contributed by atoms with Crippen LogP contribution in [0.1, 0.15) is 12.5 Å². The second kappa shape index (κ2) is 12.2. The molecule has 1 aromatic heterocycles. The average Bonchev–Trinajstić information content (AvgIpc) is 3.30. The highest BCUT2D eigenvalue weighted by Gasteiger charge is 2.36. The van der Waals surface area contributed by atoms with Crippen LogP contribution < -0.4 is 15.4 Å². The summed E-state index contributed by atoms with van der Waals surface area (Å²) in [5.41, 5.74) is 3.19. The fraction of sp³-hybridized carbons (Fsp3) is 0.357. The van der Waals surface area contributed by atoms with Gasteiger partial charge in [-0.25, -0.2) is 9.97 Å². The first-order valence-corrected chi connectivity index (χ1v) is 13.3. The third-order valence-electron chi connectivity index (χ3n) is 6.66. The molecule has 1 aliphatic rings. The zero-order valence-corrected chi connectivity index (χ0v) is 23.9. The number of amides is 2. The molecule has 2 aromatic carbocycles. The molecule has 0 spiro atoms. The molecule has 2 unspecified atom stereocenters. The van der Waals surface area contributed by atoms with Crippen molar-refractivity contribution in [2.45, 2.75) is 25.4 Å². The number of halogens is 2. The second-order valence-electron chi connectivity index (χ2n) is 9.67. The molecule has 206 valence electrons. The predicted molar refractivity (Wildman–Crippen MR) is 156 cm³/mol. The molecule has 0 radical (unpaired) electrons. The Balaban J connectivity index is 1.61. The zero-order chi connectivity index (χ0) is 28.3. The number of anilines is 1. The number of fused-ring (bicyclic) bond motifs is 1. The van der Waals surface area contributed by atoms with E-state index in [1.165, 1.54) is 6.08 Å². The Hall–Kier alpha value is -3.40. The summed E-state index contributed by atoms with van der Waals surface area (Å²) in [6, 6.07) is 6.99. The van der Waals surface area contributed by atoms with E-state index in [0.29, 0.717) is 45.9 Å². The van der Waals surface area contributed by atoms with Crippen molar-refractivity contribution >= 4 is 51.9 Å². The molecule has 11 heteroatoms. The number of carbonyl (C=O) groups is 2. The fourth-order valence-corrected chi connectivity index (χ4v) is 5.44. The topological polar surface area (TPSA) is 99.7 Å². The van der Waals surface area contributed by atoms with Gasteiger partial charge in [0.05, 0.1) is 41.3 Å². The summed E-state index contributed by atoms with van der Waals surface area (Å²) in [4.78, 5) is 37.5. The van der Waals surface area contributed by atoms with Crippen molar-refractivity contribution < 1.29 is 14.3 Å². The number of likely N-dealkylation sites (tertiary alicyclic amines) is 1. The van der Waals surface area contributed by atoms with Crippen molar-refractivity contribution in [1.29, 1.82) is 0 Å². The van der Waals surface area contributed by atoms with E-state index in [9.17, 15) is 9.59 Å². The van der Waals surface area contributed by atoms with Gasteiger partial charge in [-0.1, -0.05) is 42.8 Å². The number of carbonyl (C=O) groups excluding carboxylic acids is 2. The van der Waals surface area contributed by atoms with Crippen LogP contribution in [-0.2, 0) is 16.0 Å². The van der Waals surface area contributed by atoms with Crippen LogP contribution in [-0.4, -0.2) is 84.5 Å². The number of aromatic nitrogens is 2. The van der Waals surface area contributed by atoms with Crippen LogP contribution in [0.2, 0.25) is 10.0 Å². The van der Waals surface area contributed by atoms with Gasteiger partial charge in [0.15, 0.2) is 0 Å². The number of methoxy groups -OCH3 is 1. The van der Waals surface area contributed by atoms with E-state index in [4.69, 9.17) is 27.9 Å². The first kappa shape index (κ1) is 28.6. The summed E-state index contributed by atoms with van der Waals surface area (Å²) in [7, 11) is 5.26. The highest BCUT2D eigenvalue weighted by Crippen LogP contribution is 2.43. The van der Waals surface area contributed by atoms with Crippen molar-refractivity contribution in [2.75, 3.05) is 46.2 Å². The van der Waals surface area contributed by atoms with E-state index in [2.05, 4.69) is 27.2 Å². The Bertz CT molecular complexity index is 1390. The van der Waals surface area contributed by atoms with E-state index in [1.807, 2.05) is 50.2 Å². The van der Waals surface area contributed by atoms with E-state index < -0.39 is 0 Å². The quantitative estimate of drug-likeness (QED) is 0.374. The fourth-order valence-electron chi connectivity index (χ4n) is 4.66. The van der Waals surface area contributed by atoms with Crippen LogP contribution >= 0.6 is 23.2 Å². The maximum absolute atomic E-state index is 12.7. The van der Waals surface area contributed by atoms with E-state index in [-0.39, 0.29) is 30.4 Å². The molecule has 3 aromatic rings. The third kappa shape index (κ3) is 6.27. The molecular weight excluding hydrogens is 539 g/mol. The zero-order valence-electron chi connectivity index (χ0n) is 22.4. The monoisotopic (exact) mass is 570 g/mol. The smallest absolute Gasteiger partial charge is 0.243 e. The molecule has 0 aliphatic carbocycles. The van der Waals surface area contributed by atoms with Crippen molar-refractivity contribution in [3.8, 4) is 16.9 Å². The summed E-state index contributed by atoms with van der Waals surface area (Å²) < 4.78 is 5.47. The molecule has 9 nitrogen and oxygen atoms in total. The summed E-state index contributed by atoms with van der Waals surface area (Å²) in [6.45, 7) is 6.62. The lowest BCUT2D eigenvalue weighted by molar-refractivity contribution is -0.131. The standard InChI is InChI=1S/C28H32Cl2N6O3/c1-6-16-11-22(39-5)27(30)25(26(16)29)17-8-9-19-18(10-17)12-31-28(33-19)34-21-14-36(24(38)15-35(3)4)13-20(21)32-23(37)7-2/h7-12,20-21H,2,6,13-15H2,1,3-5H3,(H,32,37)(H,31,33,34). The molecular formula is C28H32Cl2N6O3. The second-order valence-corrected chi connectivity index (χ2v) is 10.4. The van der Waals surface area contributed by atoms with Gasteiger partial charge in [0.1, 0.15) is 5.75 Å². The van der Waals surface area contributed by atoms with Crippen molar-refractivity contribution in [2.24, 2.45) is 0 Å². The van der Waals surface area contributed by atoms with Gasteiger partial charge in [-0.05, 0) is 55.9 Å². The minimum Gasteiger partial charge on any atom is -0.495 e. The Morgan fingerprint density at radius 2 is 1.95 bits per heavy atom. The van der Waals surface area contributed by atoms with Crippen molar-refractivity contribution in [3.63, 3.8) is 0 Å². The van der Waals surface area contributed by atoms with E-state index in [0.717, 1.165) is 22.9 Å². The van der Waals surface area contributed by atoms with Crippen LogP contribution in [0, 0.1) is 0 Å². The van der Waals surface area contributed by atoms with E-state index in [1.54, 1.807) is 18.2 Å². The molecule has 4 rings (SSSR count). The molecule has 2 amide bonds. The first-order chi connectivity index (χ1) is 18.6. The van der Waals surface area contributed by atoms with E-state index >= 15 is 0 Å². The molecule has 1 saturated heterocycles. The molecule has 2 heterocycles. The Morgan fingerprint density at radius 1 is 1.21 bits per heavy atom. The van der Waals surface area contributed by atoms with Gasteiger partial charge < -0.3 is 25.2 Å². The molecule has 1 aliphatic heterocycles. The Kier molecular flexibility index (Phi) is 8.94. The maximum Gasteiger partial charge on any atom is 0.243 e. The molecule has 1 fully saturated rings. The number of benzene rings is 2. The van der Waals surface area contributed by atoms with Crippen LogP contribution in [0.15, 0.2) is 43.1 Å². The summed E-state index contributed by atoms with van der Waals surface area (Å²) in [6.07, 6.45) is 3.67. The lowest BCUT2D eigenvalue weighted by Gasteiger charge is -2.20. The predicted octanol–water partition coefficient (Wildman–Crippen LogP) is 4.03. The number of ether oxygens (including phenoxy) is 1. The number of nitrogens with zero attached hydrogens (tertiary/aromatic N) is 4. The minimum absolute atomic E-state index is 0.0183. The molecule has 0 bridgehead atoms. The number of hydrogen-bond acceptors (Lipinski definition) is 7. The lowest BCUT2D eigenvalue weighted by atomic mass is 9.99. The van der Waals surface area contributed by atoms with Gasteiger partial charge >= 0.3 is 0 Å². The number of nitrogens with one attached hydrogen (secondary N) is 2. The van der Waals surface area contributed by atoms with Gasteiger partial charge in [-0.15, -0.1) is 0 Å². The van der Waals surface area contributed by atoms with Gasteiger partial charge in [-0.2, -0.15) is 0 Å². The summed E-state index contributed by atoms with van der Waals surface area (Å²) in [5.74, 6) is 0.638. The highest BCUT2D eigenvalue weighted by molar-refractivity contribution is 6.40. The largest absolute Gasteiger partial charge is 0.495 e. The number of aryl methyl sites for hydroxylation is 1. The summed E-state index contributed by atoms with van der Waals surface area (Å²) in [5, 5.41) is 8.05. The average molecular weight is 572 g/mol. The Labute approximate surface area is 238 Å². The van der Waals surface area contributed by atoms with Gasteiger partial charge in [-0.3, -0.25) is 9.59 Å². The highest BCUT2D eigenvalue weighted by atomic mass is 35.5. The van der Waals surface area contributed by atoms with Crippen LogP contribution in [0.3, 0.4) is 0 Å². The molecule has 0 saturated carbocycles. The number of likely N-dealkylation sites (N-methyl/N-ethyl adjacent to an activating group) is 1. The minimum atomic E-state index is -0.326. The van der Waals surface area contributed by atoms with Crippen LogP contribution in [0.5, 0.6) is 5.75 Å². The number of rotatable bonds is 9. The lowest BCUT2D eigenvalue weighted by Crippen LogP contribution is -2.45. The number of hydrogen-bond donors (Lipinski definition) is 2. The third-order valence-corrected chi connectivity index (χ3v) is 7.47. The van der Waals surface area contributed by atoms with Crippen LogP contribution in [0.4, 0.5) is 5.95 Å². The molecule has 39 heavy (non-hydrogen) atoms. The molecule has 2 atom stereocenters. The van der Waals surface area contributed by atoms with Crippen molar-refractivity contribution in [3.05, 3.63) is 58.7 Å². The van der Waals surface area contributed by atoms with Gasteiger partial charge in [0.2, 0.25) is 17.8 Å². The van der Waals surface area contributed by atoms with Crippen LogP contribution in [0.25, 0.3) is 22.0 Å². The normalized spacial score (nSPS) is 16.9. The Morgan fingerprint density at radius 3 is 2.62 bits per heavy atom. The molecule has 2 N–H and O–H groups in total. The van der Waals surface area contributed by atoms with Gasteiger partial charge in [0.25, 0.3) is 0 Å². The maximum atomic E-state index is 12.7. The SMILES string of the molecule is C=CC(=O)NC1CN(C(=O)CN(C)C)CC1Nc1ncc2cc(-c3c(Cl)c(CC)cc(OC)c3Cl)ccc2n1. The van der Waals surface area contributed by atoms with Gasteiger partial charge in [0, 0.05) is 30.2 Å². The van der Waals surface area contributed by atoms with Crippen molar-refractivity contribution in [1.82, 2.24) is 25.1 Å². The summed E-state index contributed by atoms with van der Waals surface area (Å²) >= 11 is 13.4. The first-order valence-electron chi connectivity index (χ1n) is 12.6.